The molecule has 0 radical (unpaired) electrons. The summed E-state index contributed by atoms with van der Waals surface area (Å²) in [5.41, 5.74) is 3.45. The average Bonchev–Trinajstić information content (AvgIpc) is 3.44. The number of nitriles is 1. The third-order valence-corrected chi connectivity index (χ3v) is 6.33. The molecule has 2 aromatic heterocycles. The van der Waals surface area contributed by atoms with Crippen molar-refractivity contribution in [1.82, 2.24) is 14.6 Å². The van der Waals surface area contributed by atoms with Crippen molar-refractivity contribution in [2.75, 3.05) is 10.6 Å². The van der Waals surface area contributed by atoms with Crippen LogP contribution in [0, 0.1) is 18.3 Å². The number of benzene rings is 3. The molecule has 5 aromatic rings. The van der Waals surface area contributed by atoms with Gasteiger partial charge in [0.25, 0.3) is 0 Å². The molecule has 0 atom stereocenters. The van der Waals surface area contributed by atoms with Gasteiger partial charge in [-0.05, 0) is 48.9 Å². The van der Waals surface area contributed by atoms with Crippen molar-refractivity contribution in [3.63, 3.8) is 0 Å². The zero-order chi connectivity index (χ0) is 25.8. The first-order valence-electron chi connectivity index (χ1n) is 11.0. The molecule has 0 aliphatic carbocycles. The smallest absolute Gasteiger partial charge is 0.323 e. The number of anilines is 2. The van der Waals surface area contributed by atoms with Crippen molar-refractivity contribution in [2.24, 2.45) is 0 Å². The largest absolute Gasteiger partial charge is 0.325 e. The van der Waals surface area contributed by atoms with Crippen LogP contribution >= 0.6 is 23.6 Å². The SMILES string of the molecule is Cc1ccccc1NC(=O)Nc1ccc(Cl)c(-c2nc3c(C#N)c(SOOc4ccccc4)cn3[nH]2)c1. The number of amides is 2. The predicted octanol–water partition coefficient (Wildman–Crippen LogP) is 6.82. The number of aromatic nitrogens is 3. The molecule has 0 spiro atoms. The number of carbonyl (C=O) groups excluding carboxylic acids is 1. The number of nitrogens with one attached hydrogen (secondary N) is 3. The molecule has 184 valence electrons. The summed E-state index contributed by atoms with van der Waals surface area (Å²) < 4.78 is 6.83. The van der Waals surface area contributed by atoms with E-state index >= 15 is 0 Å². The number of hydrogen-bond donors (Lipinski definition) is 3. The highest BCUT2D eigenvalue weighted by atomic mass is 35.5. The standard InChI is InChI=1S/C26H19ClN6O3S/c1-16-7-5-6-10-22(16)30-26(34)29-17-11-12-21(27)19(13-17)24-31-25-20(14-28)23(15-33(25)32-24)37-36-35-18-8-3-2-4-9-18/h2-13,15H,1H3,(H,31,32)(H2,29,30,34). The summed E-state index contributed by atoms with van der Waals surface area (Å²) in [4.78, 5) is 22.8. The summed E-state index contributed by atoms with van der Waals surface area (Å²) in [6.07, 6.45) is 1.68. The lowest BCUT2D eigenvalue weighted by atomic mass is 10.2. The van der Waals surface area contributed by atoms with Crippen LogP contribution in [0.3, 0.4) is 0 Å². The van der Waals surface area contributed by atoms with E-state index in [9.17, 15) is 10.1 Å². The molecular formula is C26H19ClN6O3S. The van der Waals surface area contributed by atoms with Gasteiger partial charge in [0.1, 0.15) is 11.6 Å². The van der Waals surface area contributed by atoms with E-state index < -0.39 is 0 Å². The van der Waals surface area contributed by atoms with Gasteiger partial charge < -0.3 is 15.5 Å². The molecule has 3 aromatic carbocycles. The van der Waals surface area contributed by atoms with Gasteiger partial charge in [0, 0.05) is 23.1 Å². The number of aryl methyl sites for hydroxylation is 1. The van der Waals surface area contributed by atoms with Crippen LogP contribution in [0.25, 0.3) is 17.0 Å². The first-order valence-corrected chi connectivity index (χ1v) is 12.1. The maximum atomic E-state index is 12.5. The first kappa shape index (κ1) is 24.3. The summed E-state index contributed by atoms with van der Waals surface area (Å²) >= 11 is 7.35. The molecule has 11 heteroatoms. The van der Waals surface area contributed by atoms with Crippen molar-refractivity contribution >= 4 is 46.7 Å². The maximum Gasteiger partial charge on any atom is 0.323 e. The minimum atomic E-state index is -0.388. The lowest BCUT2D eigenvalue weighted by molar-refractivity contribution is -0.0777. The Bertz CT molecular complexity index is 1630. The van der Waals surface area contributed by atoms with Gasteiger partial charge in [-0.3, -0.25) is 5.10 Å². The second-order valence-corrected chi connectivity index (χ2v) is 9.03. The van der Waals surface area contributed by atoms with Crippen LogP contribution in [0.5, 0.6) is 5.75 Å². The van der Waals surface area contributed by atoms with Gasteiger partial charge in [0.05, 0.1) is 22.0 Å². The van der Waals surface area contributed by atoms with Gasteiger partial charge in [0.15, 0.2) is 17.2 Å². The zero-order valence-electron chi connectivity index (χ0n) is 19.4. The molecule has 3 N–H and O–H groups in total. The second-order valence-electron chi connectivity index (χ2n) is 7.88. The van der Waals surface area contributed by atoms with E-state index in [1.54, 1.807) is 41.0 Å². The monoisotopic (exact) mass is 530 g/mol. The fourth-order valence-corrected chi connectivity index (χ4v) is 4.32. The number of urea groups is 1. The lowest BCUT2D eigenvalue weighted by Crippen LogP contribution is -2.19. The van der Waals surface area contributed by atoms with Crippen LogP contribution in [0.1, 0.15) is 11.1 Å². The number of aromatic amines is 1. The topological polar surface area (TPSA) is 116 Å². The van der Waals surface area contributed by atoms with Crippen LogP contribution in [0.15, 0.2) is 83.9 Å². The van der Waals surface area contributed by atoms with E-state index in [-0.39, 0.29) is 6.03 Å². The number of rotatable bonds is 7. The van der Waals surface area contributed by atoms with Crippen LogP contribution in [-0.2, 0) is 4.33 Å². The number of hydrogen-bond acceptors (Lipinski definition) is 6. The van der Waals surface area contributed by atoms with E-state index in [2.05, 4.69) is 26.8 Å². The Balaban J connectivity index is 1.33. The Morgan fingerprint density at radius 1 is 1.11 bits per heavy atom. The summed E-state index contributed by atoms with van der Waals surface area (Å²) in [7, 11) is 0. The molecule has 5 rings (SSSR count). The van der Waals surface area contributed by atoms with Gasteiger partial charge >= 0.3 is 6.03 Å². The fraction of sp³-hybridized carbons (Fsp3) is 0.0385. The number of para-hydroxylation sites is 2. The predicted molar refractivity (Wildman–Crippen MR) is 143 cm³/mol. The van der Waals surface area contributed by atoms with Gasteiger partial charge in [-0.25, -0.2) is 14.3 Å². The maximum absolute atomic E-state index is 12.5. The molecular weight excluding hydrogens is 512 g/mol. The van der Waals surface area contributed by atoms with E-state index in [0.29, 0.717) is 49.6 Å². The molecule has 0 aliphatic rings. The first-order chi connectivity index (χ1) is 18.0. The van der Waals surface area contributed by atoms with Gasteiger partial charge in [-0.2, -0.15) is 5.26 Å². The van der Waals surface area contributed by atoms with E-state index in [1.807, 2.05) is 49.4 Å². The Morgan fingerprint density at radius 2 is 1.89 bits per heavy atom. The minimum Gasteiger partial charge on any atom is -0.325 e. The molecule has 0 saturated heterocycles. The minimum absolute atomic E-state index is 0.312. The third-order valence-electron chi connectivity index (χ3n) is 5.37. The Kier molecular flexibility index (Phi) is 7.00. The highest BCUT2D eigenvalue weighted by Gasteiger charge is 2.19. The number of nitrogens with zero attached hydrogens (tertiary/aromatic N) is 3. The van der Waals surface area contributed by atoms with E-state index in [4.69, 9.17) is 20.8 Å². The molecule has 0 bridgehead atoms. The summed E-state index contributed by atoms with van der Waals surface area (Å²) in [5, 5.41) is 18.9. The number of fused-ring (bicyclic) bond motifs is 1. The van der Waals surface area contributed by atoms with Crippen molar-refractivity contribution < 1.29 is 14.0 Å². The van der Waals surface area contributed by atoms with Gasteiger partial charge in [-0.15, -0.1) is 4.33 Å². The Hall–Kier alpha value is -4.43. The molecule has 0 unspecified atom stereocenters. The number of carbonyl (C=O) groups is 1. The van der Waals surface area contributed by atoms with Crippen LogP contribution in [0.2, 0.25) is 5.02 Å². The van der Waals surface area contributed by atoms with Crippen molar-refractivity contribution in [3.8, 4) is 23.2 Å². The van der Waals surface area contributed by atoms with E-state index in [1.165, 1.54) is 0 Å². The average molecular weight is 531 g/mol. The van der Waals surface area contributed by atoms with E-state index in [0.717, 1.165) is 17.6 Å². The summed E-state index contributed by atoms with van der Waals surface area (Å²) in [6, 6.07) is 23.3. The second kappa shape index (κ2) is 10.7. The molecule has 9 nitrogen and oxygen atoms in total. The highest BCUT2D eigenvalue weighted by molar-refractivity contribution is 7.94. The van der Waals surface area contributed by atoms with Crippen molar-refractivity contribution in [2.45, 2.75) is 11.8 Å². The number of halogens is 1. The summed E-state index contributed by atoms with van der Waals surface area (Å²) in [6.45, 7) is 1.91. The molecule has 2 amide bonds. The Morgan fingerprint density at radius 3 is 2.68 bits per heavy atom. The van der Waals surface area contributed by atoms with Crippen LogP contribution in [0.4, 0.5) is 16.2 Å². The van der Waals surface area contributed by atoms with Crippen LogP contribution < -0.4 is 15.5 Å². The normalized spacial score (nSPS) is 10.7. The molecule has 0 saturated carbocycles. The zero-order valence-corrected chi connectivity index (χ0v) is 20.9. The quantitative estimate of drug-likeness (QED) is 0.121. The molecule has 0 fully saturated rings. The highest BCUT2D eigenvalue weighted by Crippen LogP contribution is 2.33. The van der Waals surface area contributed by atoms with Crippen LogP contribution in [-0.4, -0.2) is 20.6 Å². The van der Waals surface area contributed by atoms with Gasteiger partial charge in [-0.1, -0.05) is 48.0 Å². The lowest BCUT2D eigenvalue weighted by Gasteiger charge is -2.11. The van der Waals surface area contributed by atoms with Crippen molar-refractivity contribution in [1.29, 1.82) is 5.26 Å². The molecule has 0 aliphatic heterocycles. The third kappa shape index (κ3) is 5.39. The van der Waals surface area contributed by atoms with Gasteiger partial charge in [0.2, 0.25) is 0 Å². The molecule has 37 heavy (non-hydrogen) atoms. The summed E-state index contributed by atoms with van der Waals surface area (Å²) in [5.74, 6) is 0.965. The van der Waals surface area contributed by atoms with Crippen molar-refractivity contribution in [3.05, 3.63) is 95.1 Å². The molecule has 2 heterocycles. The fourth-order valence-electron chi connectivity index (χ4n) is 3.55. The number of H-pyrrole nitrogens is 1. The Labute approximate surface area is 221 Å².